The minimum Gasteiger partial charge on any atom is -0.469 e. The van der Waals surface area contributed by atoms with Gasteiger partial charge in [-0.3, -0.25) is 9.59 Å². The van der Waals surface area contributed by atoms with E-state index in [1.165, 1.54) is 14.2 Å². The number of ether oxygens (including phenoxy) is 2. The third-order valence-corrected chi connectivity index (χ3v) is 2.96. The molecular formula is C15H19NO5. The number of hydrogen-bond acceptors (Lipinski definition) is 5. The Morgan fingerprint density at radius 1 is 1.10 bits per heavy atom. The van der Waals surface area contributed by atoms with Crippen LogP contribution in [-0.2, 0) is 25.5 Å². The van der Waals surface area contributed by atoms with Crippen LogP contribution in [0, 0.1) is 0 Å². The largest absolute Gasteiger partial charge is 0.469 e. The summed E-state index contributed by atoms with van der Waals surface area (Å²) in [6.07, 6.45) is 0.715. The molecule has 1 rings (SSSR count). The number of amides is 1. The summed E-state index contributed by atoms with van der Waals surface area (Å²) in [5.74, 6) is -1.12. The van der Waals surface area contributed by atoms with E-state index in [0.717, 1.165) is 5.56 Å². The Balaban J connectivity index is 2.74. The summed E-state index contributed by atoms with van der Waals surface area (Å²) in [6.45, 7) is 1.91. The van der Waals surface area contributed by atoms with Crippen molar-refractivity contribution in [1.82, 2.24) is 0 Å². The molecule has 0 radical (unpaired) electrons. The molecule has 1 aromatic rings. The number of esters is 2. The van der Waals surface area contributed by atoms with Crippen molar-refractivity contribution in [3.8, 4) is 0 Å². The Hall–Kier alpha value is -2.37. The lowest BCUT2D eigenvalue weighted by atomic mass is 10.0. The van der Waals surface area contributed by atoms with Crippen LogP contribution in [0.15, 0.2) is 18.2 Å². The smallest absolute Gasteiger partial charge is 0.338 e. The molecular weight excluding hydrogens is 274 g/mol. The van der Waals surface area contributed by atoms with Gasteiger partial charge in [-0.15, -0.1) is 0 Å². The highest BCUT2D eigenvalue weighted by Crippen LogP contribution is 2.18. The SMILES string of the molecule is CCc1cc(NC(=O)CCC(=O)OC)ccc1C(=O)OC. The van der Waals surface area contributed by atoms with Crippen molar-refractivity contribution in [2.24, 2.45) is 0 Å². The highest BCUT2D eigenvalue weighted by molar-refractivity contribution is 5.95. The fourth-order valence-electron chi connectivity index (χ4n) is 1.81. The molecule has 0 saturated heterocycles. The van der Waals surface area contributed by atoms with Crippen molar-refractivity contribution >= 4 is 23.5 Å². The predicted molar refractivity (Wildman–Crippen MR) is 77.0 cm³/mol. The number of aryl methyl sites for hydroxylation is 1. The molecule has 6 nitrogen and oxygen atoms in total. The van der Waals surface area contributed by atoms with Crippen molar-refractivity contribution in [3.63, 3.8) is 0 Å². The van der Waals surface area contributed by atoms with Crippen LogP contribution in [0.1, 0.15) is 35.7 Å². The predicted octanol–water partition coefficient (Wildman–Crippen LogP) is 1.93. The lowest BCUT2D eigenvalue weighted by Gasteiger charge is -2.10. The summed E-state index contributed by atoms with van der Waals surface area (Å²) < 4.78 is 9.17. The molecule has 0 aliphatic heterocycles. The van der Waals surface area contributed by atoms with Gasteiger partial charge in [0.1, 0.15) is 0 Å². The molecule has 1 aromatic carbocycles. The Morgan fingerprint density at radius 3 is 2.38 bits per heavy atom. The average Bonchev–Trinajstić information content (AvgIpc) is 2.51. The van der Waals surface area contributed by atoms with Crippen LogP contribution >= 0.6 is 0 Å². The van der Waals surface area contributed by atoms with E-state index < -0.39 is 11.9 Å². The van der Waals surface area contributed by atoms with Crippen LogP contribution in [0.3, 0.4) is 0 Å². The second-order valence-electron chi connectivity index (χ2n) is 4.34. The van der Waals surface area contributed by atoms with Crippen molar-refractivity contribution in [2.45, 2.75) is 26.2 Å². The number of rotatable bonds is 6. The number of carbonyl (C=O) groups excluding carboxylic acids is 3. The van der Waals surface area contributed by atoms with Gasteiger partial charge in [-0.25, -0.2) is 4.79 Å². The van der Waals surface area contributed by atoms with E-state index in [4.69, 9.17) is 4.74 Å². The molecule has 1 N–H and O–H groups in total. The summed E-state index contributed by atoms with van der Waals surface area (Å²) in [7, 11) is 2.60. The lowest BCUT2D eigenvalue weighted by Crippen LogP contribution is -2.14. The highest BCUT2D eigenvalue weighted by Gasteiger charge is 2.12. The summed E-state index contributed by atoms with van der Waals surface area (Å²) in [5, 5.41) is 2.68. The van der Waals surface area contributed by atoms with E-state index in [9.17, 15) is 14.4 Å². The van der Waals surface area contributed by atoms with Crippen LogP contribution in [-0.4, -0.2) is 32.1 Å². The zero-order valence-corrected chi connectivity index (χ0v) is 12.4. The molecule has 0 saturated carbocycles. The van der Waals surface area contributed by atoms with Crippen LogP contribution < -0.4 is 5.32 Å². The quantitative estimate of drug-likeness (QED) is 0.810. The summed E-state index contributed by atoms with van der Waals surface area (Å²) >= 11 is 0. The number of methoxy groups -OCH3 is 2. The Bertz CT molecular complexity index is 539. The monoisotopic (exact) mass is 293 g/mol. The van der Waals surface area contributed by atoms with E-state index in [1.807, 2.05) is 6.92 Å². The molecule has 0 fully saturated rings. The number of nitrogens with one attached hydrogen (secondary N) is 1. The number of carbonyl (C=O) groups is 3. The van der Waals surface area contributed by atoms with Crippen LogP contribution in [0.4, 0.5) is 5.69 Å². The zero-order chi connectivity index (χ0) is 15.8. The topological polar surface area (TPSA) is 81.7 Å². The maximum Gasteiger partial charge on any atom is 0.338 e. The molecule has 0 heterocycles. The molecule has 0 aliphatic rings. The van der Waals surface area contributed by atoms with Gasteiger partial charge in [-0.2, -0.15) is 0 Å². The van der Waals surface area contributed by atoms with Gasteiger partial charge in [0.15, 0.2) is 0 Å². The van der Waals surface area contributed by atoms with E-state index >= 15 is 0 Å². The summed E-state index contributed by atoms with van der Waals surface area (Å²) in [4.78, 5) is 34.2. The first-order valence-electron chi connectivity index (χ1n) is 6.59. The first-order chi connectivity index (χ1) is 10.0. The summed E-state index contributed by atoms with van der Waals surface area (Å²) in [6, 6.07) is 4.96. The molecule has 0 bridgehead atoms. The van der Waals surface area contributed by atoms with Crippen molar-refractivity contribution in [3.05, 3.63) is 29.3 Å². The molecule has 114 valence electrons. The minimum absolute atomic E-state index is 0.0310. The Kier molecular flexibility index (Phi) is 6.39. The zero-order valence-electron chi connectivity index (χ0n) is 12.4. The molecule has 0 atom stereocenters. The molecule has 0 aliphatic carbocycles. The third kappa shape index (κ3) is 4.91. The van der Waals surface area contributed by atoms with Crippen molar-refractivity contribution < 1.29 is 23.9 Å². The fraction of sp³-hybridized carbons (Fsp3) is 0.400. The van der Waals surface area contributed by atoms with Gasteiger partial charge >= 0.3 is 11.9 Å². The van der Waals surface area contributed by atoms with Crippen molar-refractivity contribution in [2.75, 3.05) is 19.5 Å². The maximum absolute atomic E-state index is 11.7. The van der Waals surface area contributed by atoms with Crippen LogP contribution in [0.25, 0.3) is 0 Å². The van der Waals surface area contributed by atoms with Gasteiger partial charge in [0.05, 0.1) is 26.2 Å². The normalized spacial score (nSPS) is 9.86. The molecule has 0 spiro atoms. The van der Waals surface area contributed by atoms with E-state index in [-0.39, 0.29) is 18.7 Å². The Labute approximate surface area is 123 Å². The van der Waals surface area contributed by atoms with Gasteiger partial charge in [-0.05, 0) is 30.2 Å². The van der Waals surface area contributed by atoms with Gasteiger partial charge < -0.3 is 14.8 Å². The molecule has 21 heavy (non-hydrogen) atoms. The first kappa shape index (κ1) is 16.7. The lowest BCUT2D eigenvalue weighted by molar-refractivity contribution is -0.141. The van der Waals surface area contributed by atoms with E-state index in [1.54, 1.807) is 18.2 Å². The van der Waals surface area contributed by atoms with E-state index in [2.05, 4.69) is 10.1 Å². The van der Waals surface area contributed by atoms with Gasteiger partial charge in [0.2, 0.25) is 5.91 Å². The molecule has 6 heteroatoms. The number of hydrogen-bond donors (Lipinski definition) is 1. The van der Waals surface area contributed by atoms with Gasteiger partial charge in [0.25, 0.3) is 0 Å². The first-order valence-corrected chi connectivity index (χ1v) is 6.59. The van der Waals surface area contributed by atoms with Crippen LogP contribution in [0.2, 0.25) is 0 Å². The third-order valence-electron chi connectivity index (χ3n) is 2.96. The molecule has 0 unspecified atom stereocenters. The maximum atomic E-state index is 11.7. The van der Waals surface area contributed by atoms with E-state index in [0.29, 0.717) is 17.7 Å². The standard InChI is InChI=1S/C15H19NO5/c1-4-10-9-11(5-6-12(10)15(19)21-3)16-13(17)7-8-14(18)20-2/h5-6,9H,4,7-8H2,1-3H3,(H,16,17). The Morgan fingerprint density at radius 2 is 1.81 bits per heavy atom. The minimum atomic E-state index is -0.430. The number of benzene rings is 1. The van der Waals surface area contributed by atoms with Gasteiger partial charge in [0, 0.05) is 12.1 Å². The average molecular weight is 293 g/mol. The second kappa shape index (κ2) is 8.04. The van der Waals surface area contributed by atoms with Gasteiger partial charge in [-0.1, -0.05) is 6.92 Å². The van der Waals surface area contributed by atoms with Crippen LogP contribution in [0.5, 0.6) is 0 Å². The van der Waals surface area contributed by atoms with Crippen molar-refractivity contribution in [1.29, 1.82) is 0 Å². The number of anilines is 1. The molecule has 1 amide bonds. The second-order valence-corrected chi connectivity index (χ2v) is 4.34. The molecule has 0 aromatic heterocycles. The summed E-state index contributed by atoms with van der Waals surface area (Å²) in [5.41, 5.74) is 1.84. The highest BCUT2D eigenvalue weighted by atomic mass is 16.5. The fourth-order valence-corrected chi connectivity index (χ4v) is 1.81.